The molecule has 5 nitrogen and oxygen atoms in total. The predicted octanol–water partition coefficient (Wildman–Crippen LogP) is 3.77. The molecule has 0 unspecified atom stereocenters. The van der Waals surface area contributed by atoms with Gasteiger partial charge in [-0.1, -0.05) is 38.1 Å². The Balaban J connectivity index is 1.96. The molecule has 0 spiro atoms. The Labute approximate surface area is 154 Å². The number of rotatable bonds is 5. The number of benzene rings is 1. The van der Waals surface area contributed by atoms with Crippen molar-refractivity contribution in [2.24, 2.45) is 7.05 Å². The van der Waals surface area contributed by atoms with Crippen molar-refractivity contribution in [3.63, 3.8) is 0 Å². The van der Waals surface area contributed by atoms with Crippen molar-refractivity contribution >= 4 is 5.91 Å². The molecule has 0 fully saturated rings. The van der Waals surface area contributed by atoms with Crippen LogP contribution in [0.3, 0.4) is 0 Å². The fourth-order valence-electron chi connectivity index (χ4n) is 3.00. The van der Waals surface area contributed by atoms with Crippen LogP contribution in [-0.4, -0.2) is 20.7 Å². The first-order chi connectivity index (χ1) is 12.5. The van der Waals surface area contributed by atoms with E-state index < -0.39 is 0 Å². The summed E-state index contributed by atoms with van der Waals surface area (Å²) in [5, 5.41) is 7.62. The number of hydrogen-bond donors (Lipinski definition) is 1. The van der Waals surface area contributed by atoms with Gasteiger partial charge in [-0.15, -0.1) is 0 Å². The summed E-state index contributed by atoms with van der Waals surface area (Å²) in [6.45, 7) is 6.19. The number of carbonyl (C=O) groups excluding carboxylic acids is 1. The van der Waals surface area contributed by atoms with Crippen molar-refractivity contribution in [2.75, 3.05) is 0 Å². The lowest BCUT2D eigenvalue weighted by molar-refractivity contribution is 0.0933. The second-order valence-corrected chi connectivity index (χ2v) is 6.78. The van der Waals surface area contributed by atoms with Crippen LogP contribution < -0.4 is 5.32 Å². The molecule has 1 atom stereocenters. The van der Waals surface area contributed by atoms with Gasteiger partial charge in [0.05, 0.1) is 11.7 Å². The molecule has 1 N–H and O–H groups in total. The highest BCUT2D eigenvalue weighted by Crippen LogP contribution is 2.25. The van der Waals surface area contributed by atoms with Gasteiger partial charge in [0.15, 0.2) is 0 Å². The highest BCUT2D eigenvalue weighted by molar-refractivity contribution is 5.93. The van der Waals surface area contributed by atoms with Gasteiger partial charge in [0.1, 0.15) is 5.69 Å². The van der Waals surface area contributed by atoms with Gasteiger partial charge in [-0.3, -0.25) is 14.5 Å². The largest absolute Gasteiger partial charge is 0.340 e. The zero-order chi connectivity index (χ0) is 18.7. The maximum absolute atomic E-state index is 13.0. The number of pyridine rings is 1. The van der Waals surface area contributed by atoms with Crippen LogP contribution in [0.15, 0.2) is 54.9 Å². The predicted molar refractivity (Wildman–Crippen MR) is 102 cm³/mol. The van der Waals surface area contributed by atoms with E-state index in [1.54, 1.807) is 24.1 Å². The molecule has 0 aliphatic carbocycles. The molecule has 0 saturated heterocycles. The number of carbonyl (C=O) groups is 1. The van der Waals surface area contributed by atoms with Gasteiger partial charge in [-0.05, 0) is 47.7 Å². The molecule has 0 radical (unpaired) electrons. The molecule has 26 heavy (non-hydrogen) atoms. The molecule has 134 valence electrons. The fourth-order valence-corrected chi connectivity index (χ4v) is 3.00. The first-order valence-corrected chi connectivity index (χ1v) is 8.77. The van der Waals surface area contributed by atoms with E-state index in [-0.39, 0.29) is 17.9 Å². The molecule has 3 rings (SSSR count). The normalized spacial score (nSPS) is 12.2. The van der Waals surface area contributed by atoms with Crippen molar-refractivity contribution in [2.45, 2.75) is 32.7 Å². The Bertz CT molecular complexity index is 899. The number of aromatic nitrogens is 3. The Morgan fingerprint density at radius 3 is 2.42 bits per heavy atom. The number of nitrogens with one attached hydrogen (secondary N) is 1. The van der Waals surface area contributed by atoms with E-state index in [2.05, 4.69) is 42.2 Å². The molecule has 5 heteroatoms. The molecule has 1 amide bonds. The van der Waals surface area contributed by atoms with Crippen LogP contribution in [0.4, 0.5) is 0 Å². The summed E-state index contributed by atoms with van der Waals surface area (Å²) in [4.78, 5) is 17.1. The van der Waals surface area contributed by atoms with Crippen LogP contribution in [0.2, 0.25) is 0 Å². The SMILES string of the molecule is Cc1ccccc1[C@@H](NC(=O)c1cc(C(C)C)nn1C)c1ccncc1. The van der Waals surface area contributed by atoms with E-state index in [1.807, 2.05) is 36.4 Å². The number of nitrogens with zero attached hydrogens (tertiary/aromatic N) is 3. The summed E-state index contributed by atoms with van der Waals surface area (Å²) in [7, 11) is 1.80. The van der Waals surface area contributed by atoms with Gasteiger partial charge in [-0.25, -0.2) is 0 Å². The molecular formula is C21H24N4O. The highest BCUT2D eigenvalue weighted by Gasteiger charge is 2.22. The van der Waals surface area contributed by atoms with Gasteiger partial charge in [0.2, 0.25) is 0 Å². The summed E-state index contributed by atoms with van der Waals surface area (Å²) in [5.74, 6) is 0.132. The molecule has 0 bridgehead atoms. The van der Waals surface area contributed by atoms with Gasteiger partial charge >= 0.3 is 0 Å². The average molecular weight is 348 g/mol. The summed E-state index contributed by atoms with van der Waals surface area (Å²) >= 11 is 0. The lowest BCUT2D eigenvalue weighted by atomic mass is 9.95. The Morgan fingerprint density at radius 1 is 1.12 bits per heavy atom. The van der Waals surface area contributed by atoms with Gasteiger partial charge in [0.25, 0.3) is 5.91 Å². The zero-order valence-corrected chi connectivity index (χ0v) is 15.6. The molecule has 3 aromatic rings. The number of aryl methyl sites for hydroxylation is 2. The molecule has 1 aromatic carbocycles. The summed E-state index contributed by atoms with van der Waals surface area (Å²) in [5.41, 5.74) is 4.66. The van der Waals surface area contributed by atoms with E-state index in [4.69, 9.17) is 0 Å². The smallest absolute Gasteiger partial charge is 0.270 e. The van der Waals surface area contributed by atoms with Crippen LogP contribution >= 0.6 is 0 Å². The quantitative estimate of drug-likeness (QED) is 0.763. The van der Waals surface area contributed by atoms with Crippen LogP contribution in [0.1, 0.15) is 58.7 Å². The van der Waals surface area contributed by atoms with E-state index in [0.29, 0.717) is 5.69 Å². The summed E-state index contributed by atoms with van der Waals surface area (Å²) in [6.07, 6.45) is 3.49. The van der Waals surface area contributed by atoms with Crippen LogP contribution in [-0.2, 0) is 7.05 Å². The maximum Gasteiger partial charge on any atom is 0.270 e. The van der Waals surface area contributed by atoms with Crippen LogP contribution in [0, 0.1) is 6.92 Å². The third-order valence-electron chi connectivity index (χ3n) is 4.54. The lowest BCUT2D eigenvalue weighted by Crippen LogP contribution is -2.31. The van der Waals surface area contributed by atoms with Crippen molar-refractivity contribution in [1.82, 2.24) is 20.1 Å². The maximum atomic E-state index is 13.0. The first kappa shape index (κ1) is 17.9. The minimum absolute atomic E-state index is 0.142. The minimum atomic E-state index is -0.246. The van der Waals surface area contributed by atoms with E-state index in [9.17, 15) is 4.79 Å². The van der Waals surface area contributed by atoms with Crippen molar-refractivity contribution in [3.05, 3.63) is 82.9 Å². The van der Waals surface area contributed by atoms with Gasteiger partial charge in [0, 0.05) is 19.4 Å². The topological polar surface area (TPSA) is 59.8 Å². The molecule has 0 aliphatic heterocycles. The zero-order valence-electron chi connectivity index (χ0n) is 15.6. The fraction of sp³-hybridized carbons (Fsp3) is 0.286. The Hall–Kier alpha value is -2.95. The van der Waals surface area contributed by atoms with E-state index in [0.717, 1.165) is 22.4 Å². The van der Waals surface area contributed by atoms with Crippen LogP contribution in [0.25, 0.3) is 0 Å². The van der Waals surface area contributed by atoms with Crippen LogP contribution in [0.5, 0.6) is 0 Å². The van der Waals surface area contributed by atoms with Gasteiger partial charge in [-0.2, -0.15) is 5.10 Å². The molecule has 0 saturated carbocycles. The Morgan fingerprint density at radius 2 is 1.81 bits per heavy atom. The molecule has 2 heterocycles. The minimum Gasteiger partial charge on any atom is -0.340 e. The van der Waals surface area contributed by atoms with E-state index in [1.165, 1.54) is 0 Å². The van der Waals surface area contributed by atoms with E-state index >= 15 is 0 Å². The summed E-state index contributed by atoms with van der Waals surface area (Å²) in [6, 6.07) is 13.6. The van der Waals surface area contributed by atoms with Crippen molar-refractivity contribution < 1.29 is 4.79 Å². The summed E-state index contributed by atoms with van der Waals surface area (Å²) < 4.78 is 1.64. The van der Waals surface area contributed by atoms with Crippen molar-refractivity contribution in [3.8, 4) is 0 Å². The van der Waals surface area contributed by atoms with Crippen molar-refractivity contribution in [1.29, 1.82) is 0 Å². The second kappa shape index (κ2) is 7.52. The molecule has 0 aliphatic rings. The Kier molecular flexibility index (Phi) is 5.16. The average Bonchev–Trinajstić information content (AvgIpc) is 3.03. The van der Waals surface area contributed by atoms with Gasteiger partial charge < -0.3 is 5.32 Å². The second-order valence-electron chi connectivity index (χ2n) is 6.78. The standard InChI is InChI=1S/C21H24N4O/c1-14(2)18-13-19(25(4)24-18)21(26)23-20(16-9-11-22-12-10-16)17-8-6-5-7-15(17)3/h5-14,20H,1-4H3,(H,23,26)/t20-/m0/s1. The number of hydrogen-bond acceptors (Lipinski definition) is 3. The molecular weight excluding hydrogens is 324 g/mol. The monoisotopic (exact) mass is 348 g/mol. The first-order valence-electron chi connectivity index (χ1n) is 8.77. The third kappa shape index (κ3) is 3.67. The lowest BCUT2D eigenvalue weighted by Gasteiger charge is -2.21. The number of amides is 1. The molecule has 2 aromatic heterocycles. The third-order valence-corrected chi connectivity index (χ3v) is 4.54. The highest BCUT2D eigenvalue weighted by atomic mass is 16.2.